The van der Waals surface area contributed by atoms with Crippen molar-refractivity contribution in [2.45, 2.75) is 25.1 Å². The summed E-state index contributed by atoms with van der Waals surface area (Å²) >= 11 is 1.94. The van der Waals surface area contributed by atoms with Crippen molar-refractivity contribution in [3.05, 3.63) is 29.3 Å². The van der Waals surface area contributed by atoms with Gasteiger partial charge < -0.3 is 10.5 Å². The lowest BCUT2D eigenvalue weighted by Gasteiger charge is -2.15. The molecule has 2 nitrogen and oxygen atoms in total. The summed E-state index contributed by atoms with van der Waals surface area (Å²) in [5.41, 5.74) is 8.71. The van der Waals surface area contributed by atoms with Crippen LogP contribution in [0.1, 0.15) is 30.5 Å². The Kier molecular flexibility index (Phi) is 3.54. The molecule has 0 unspecified atom stereocenters. The standard InChI is InChI=1S/C12H17NOS/c1-2-14-12-5-3-4-9-10(12)8-15-7-6-11(9)13/h3-5,11H,2,6-8,13H2,1H3/t11-/m0/s1. The summed E-state index contributed by atoms with van der Waals surface area (Å²) in [5.74, 6) is 3.18. The van der Waals surface area contributed by atoms with Gasteiger partial charge in [-0.2, -0.15) is 11.8 Å². The van der Waals surface area contributed by atoms with E-state index < -0.39 is 0 Å². The van der Waals surface area contributed by atoms with Gasteiger partial charge in [0.15, 0.2) is 0 Å². The SMILES string of the molecule is CCOc1cccc2c1CSCC[C@@H]2N. The van der Waals surface area contributed by atoms with Crippen molar-refractivity contribution < 1.29 is 4.74 Å². The molecule has 15 heavy (non-hydrogen) atoms. The zero-order valence-corrected chi connectivity index (χ0v) is 9.85. The molecule has 0 aliphatic carbocycles. The fourth-order valence-corrected chi connectivity index (χ4v) is 2.99. The van der Waals surface area contributed by atoms with Gasteiger partial charge in [-0.05, 0) is 30.7 Å². The first-order valence-corrected chi connectivity index (χ1v) is 6.56. The van der Waals surface area contributed by atoms with Gasteiger partial charge >= 0.3 is 0 Å². The number of nitrogens with two attached hydrogens (primary N) is 1. The second kappa shape index (κ2) is 4.90. The Morgan fingerprint density at radius 3 is 3.20 bits per heavy atom. The van der Waals surface area contributed by atoms with Crippen LogP contribution in [0.25, 0.3) is 0 Å². The molecule has 3 heteroatoms. The average Bonchev–Trinajstić information content (AvgIpc) is 2.43. The number of hydrogen-bond donors (Lipinski definition) is 1. The fourth-order valence-electron chi connectivity index (χ4n) is 1.92. The maximum absolute atomic E-state index is 6.14. The molecule has 1 atom stereocenters. The molecular formula is C12H17NOS. The quantitative estimate of drug-likeness (QED) is 0.837. The molecule has 1 aliphatic rings. The molecule has 1 aliphatic heterocycles. The second-order valence-corrected chi connectivity index (χ2v) is 4.81. The number of fused-ring (bicyclic) bond motifs is 1. The Hall–Kier alpha value is -0.670. The van der Waals surface area contributed by atoms with Crippen molar-refractivity contribution in [1.82, 2.24) is 0 Å². The van der Waals surface area contributed by atoms with Crippen LogP contribution in [0.4, 0.5) is 0 Å². The van der Waals surface area contributed by atoms with Crippen LogP contribution in [0, 0.1) is 0 Å². The molecule has 0 saturated heterocycles. The Balaban J connectivity index is 2.39. The average molecular weight is 223 g/mol. The summed E-state index contributed by atoms with van der Waals surface area (Å²) in [6.45, 7) is 2.74. The number of rotatable bonds is 2. The van der Waals surface area contributed by atoms with Crippen molar-refractivity contribution >= 4 is 11.8 Å². The van der Waals surface area contributed by atoms with Crippen LogP contribution in [0.15, 0.2) is 18.2 Å². The van der Waals surface area contributed by atoms with Gasteiger partial charge in [0.25, 0.3) is 0 Å². The van der Waals surface area contributed by atoms with E-state index in [4.69, 9.17) is 10.5 Å². The van der Waals surface area contributed by atoms with E-state index in [2.05, 4.69) is 6.07 Å². The van der Waals surface area contributed by atoms with E-state index in [-0.39, 0.29) is 6.04 Å². The lowest BCUT2D eigenvalue weighted by molar-refractivity contribution is 0.337. The lowest BCUT2D eigenvalue weighted by atomic mass is 9.99. The number of benzene rings is 1. The van der Waals surface area contributed by atoms with E-state index in [1.807, 2.05) is 30.8 Å². The highest BCUT2D eigenvalue weighted by molar-refractivity contribution is 7.98. The van der Waals surface area contributed by atoms with Crippen molar-refractivity contribution in [3.8, 4) is 5.75 Å². The van der Waals surface area contributed by atoms with E-state index in [0.717, 1.165) is 30.3 Å². The summed E-state index contributed by atoms with van der Waals surface area (Å²) < 4.78 is 5.64. The topological polar surface area (TPSA) is 35.2 Å². The van der Waals surface area contributed by atoms with Crippen LogP contribution in [0.3, 0.4) is 0 Å². The van der Waals surface area contributed by atoms with Gasteiger partial charge in [-0.25, -0.2) is 0 Å². The van der Waals surface area contributed by atoms with E-state index in [9.17, 15) is 0 Å². The van der Waals surface area contributed by atoms with Gasteiger partial charge in [0.2, 0.25) is 0 Å². The molecule has 0 saturated carbocycles. The minimum atomic E-state index is 0.176. The lowest BCUT2D eigenvalue weighted by Crippen LogP contribution is -2.12. The van der Waals surface area contributed by atoms with E-state index in [1.165, 1.54) is 11.1 Å². The van der Waals surface area contributed by atoms with Gasteiger partial charge in [-0.3, -0.25) is 0 Å². The highest BCUT2D eigenvalue weighted by atomic mass is 32.2. The Labute approximate surface area is 95.2 Å². The third-order valence-electron chi connectivity index (χ3n) is 2.69. The van der Waals surface area contributed by atoms with Crippen LogP contribution in [0.5, 0.6) is 5.75 Å². The third kappa shape index (κ3) is 2.29. The minimum Gasteiger partial charge on any atom is -0.494 e. The highest BCUT2D eigenvalue weighted by Crippen LogP contribution is 2.34. The molecule has 2 rings (SSSR count). The molecule has 0 bridgehead atoms. The van der Waals surface area contributed by atoms with E-state index >= 15 is 0 Å². The van der Waals surface area contributed by atoms with Crippen LogP contribution >= 0.6 is 11.8 Å². The van der Waals surface area contributed by atoms with Crippen LogP contribution in [-0.2, 0) is 5.75 Å². The first kappa shape index (κ1) is 10.8. The molecule has 0 fully saturated rings. The molecule has 1 aromatic rings. The highest BCUT2D eigenvalue weighted by Gasteiger charge is 2.18. The maximum Gasteiger partial charge on any atom is 0.123 e. The second-order valence-electron chi connectivity index (χ2n) is 3.70. The van der Waals surface area contributed by atoms with Crippen molar-refractivity contribution in [3.63, 3.8) is 0 Å². The number of hydrogen-bond acceptors (Lipinski definition) is 3. The summed E-state index contributed by atoms with van der Waals surface area (Å²) in [4.78, 5) is 0. The predicted molar refractivity (Wildman–Crippen MR) is 65.3 cm³/mol. The Morgan fingerprint density at radius 2 is 2.40 bits per heavy atom. The molecule has 2 N–H and O–H groups in total. The first-order valence-electron chi connectivity index (χ1n) is 5.41. The summed E-state index contributed by atoms with van der Waals surface area (Å²) in [6, 6.07) is 6.39. The van der Waals surface area contributed by atoms with Gasteiger partial charge in [0.1, 0.15) is 5.75 Å². The Morgan fingerprint density at radius 1 is 1.53 bits per heavy atom. The maximum atomic E-state index is 6.14. The smallest absolute Gasteiger partial charge is 0.123 e. The van der Waals surface area contributed by atoms with Crippen LogP contribution in [0.2, 0.25) is 0 Å². The molecule has 0 aromatic heterocycles. The fraction of sp³-hybridized carbons (Fsp3) is 0.500. The molecule has 0 spiro atoms. The summed E-state index contributed by atoms with van der Waals surface area (Å²) in [6.07, 6.45) is 1.06. The minimum absolute atomic E-state index is 0.176. The van der Waals surface area contributed by atoms with Crippen molar-refractivity contribution in [1.29, 1.82) is 0 Å². The normalized spacial score (nSPS) is 20.5. The van der Waals surface area contributed by atoms with Gasteiger partial charge in [-0.1, -0.05) is 12.1 Å². The van der Waals surface area contributed by atoms with Crippen LogP contribution < -0.4 is 10.5 Å². The zero-order valence-electron chi connectivity index (χ0n) is 9.03. The molecule has 0 radical (unpaired) electrons. The van der Waals surface area contributed by atoms with Crippen LogP contribution in [-0.4, -0.2) is 12.4 Å². The van der Waals surface area contributed by atoms with E-state index in [0.29, 0.717) is 0 Å². The largest absolute Gasteiger partial charge is 0.494 e. The molecule has 82 valence electrons. The van der Waals surface area contributed by atoms with E-state index in [1.54, 1.807) is 0 Å². The molecule has 0 amide bonds. The van der Waals surface area contributed by atoms with Crippen molar-refractivity contribution in [2.75, 3.05) is 12.4 Å². The van der Waals surface area contributed by atoms with Gasteiger partial charge in [0.05, 0.1) is 6.61 Å². The monoisotopic (exact) mass is 223 g/mol. The Bertz CT molecular complexity index is 340. The number of thioether (sulfide) groups is 1. The van der Waals surface area contributed by atoms with Crippen molar-refractivity contribution in [2.24, 2.45) is 5.73 Å². The molecule has 1 aromatic carbocycles. The zero-order chi connectivity index (χ0) is 10.7. The molecule has 1 heterocycles. The first-order chi connectivity index (χ1) is 7.33. The number of ether oxygens (including phenoxy) is 1. The van der Waals surface area contributed by atoms with Gasteiger partial charge in [-0.15, -0.1) is 0 Å². The summed E-state index contributed by atoms with van der Waals surface area (Å²) in [5, 5.41) is 0. The summed E-state index contributed by atoms with van der Waals surface area (Å²) in [7, 11) is 0. The third-order valence-corrected chi connectivity index (χ3v) is 3.71. The van der Waals surface area contributed by atoms with Gasteiger partial charge in [0, 0.05) is 17.4 Å². The predicted octanol–water partition coefficient (Wildman–Crippen LogP) is 2.72. The molecular weight excluding hydrogens is 206 g/mol.